The van der Waals surface area contributed by atoms with Crippen molar-refractivity contribution in [3.05, 3.63) is 108 Å². The molecule has 0 aliphatic heterocycles. The molecule has 1 heterocycles. The van der Waals surface area contributed by atoms with Crippen LogP contribution in [0.25, 0.3) is 12.2 Å². The van der Waals surface area contributed by atoms with Crippen molar-refractivity contribution in [3.63, 3.8) is 0 Å². The second kappa shape index (κ2) is 9.51. The van der Waals surface area contributed by atoms with E-state index < -0.39 is 0 Å². The first-order valence-electron chi connectivity index (χ1n) is 8.87. The van der Waals surface area contributed by atoms with Crippen LogP contribution >= 0.6 is 0 Å². The van der Waals surface area contributed by atoms with Crippen molar-refractivity contribution in [2.24, 2.45) is 0 Å². The lowest BCUT2D eigenvalue weighted by Gasteiger charge is -2.15. The van der Waals surface area contributed by atoms with E-state index in [0.29, 0.717) is 31.3 Å². The van der Waals surface area contributed by atoms with E-state index in [9.17, 15) is 0 Å². The number of benzene rings is 2. The lowest BCUT2D eigenvalue weighted by atomic mass is 10.1. The summed E-state index contributed by atoms with van der Waals surface area (Å²) in [5, 5.41) is 0. The van der Waals surface area contributed by atoms with Gasteiger partial charge in [0, 0.05) is 17.3 Å². The molecule has 0 saturated heterocycles. The van der Waals surface area contributed by atoms with Crippen molar-refractivity contribution in [1.29, 1.82) is 0 Å². The molecule has 0 fully saturated rings. The molecule has 3 aromatic rings. The molecule has 0 spiro atoms. The van der Waals surface area contributed by atoms with Crippen LogP contribution in [0.2, 0.25) is 0 Å². The molecule has 0 unspecified atom stereocenters. The fourth-order valence-electron chi connectivity index (χ4n) is 2.78. The summed E-state index contributed by atoms with van der Waals surface area (Å²) in [5.74, 6) is 0.685. The van der Waals surface area contributed by atoms with E-state index in [4.69, 9.17) is 9.47 Å². The Hall–Kier alpha value is -3.17. The largest absolute Gasteiger partial charge is 0.486 e. The van der Waals surface area contributed by atoms with Crippen LogP contribution in [-0.4, -0.2) is 4.98 Å². The Morgan fingerprint density at radius 2 is 1.41 bits per heavy atom. The number of nitrogens with zero attached hydrogens (tertiary/aromatic N) is 1. The van der Waals surface area contributed by atoms with Crippen LogP contribution in [0, 0.1) is 0 Å². The Morgan fingerprint density at radius 1 is 0.778 bits per heavy atom. The van der Waals surface area contributed by atoms with Crippen LogP contribution in [0.4, 0.5) is 0 Å². The highest BCUT2D eigenvalue weighted by atomic mass is 16.5. The monoisotopic (exact) mass is 357 g/mol. The summed E-state index contributed by atoms with van der Waals surface area (Å²) in [6, 6.07) is 20.1. The van der Waals surface area contributed by atoms with Crippen molar-refractivity contribution in [1.82, 2.24) is 4.98 Å². The minimum absolute atomic E-state index is 0.433. The SMILES string of the molecule is C=Cc1ncc(COCc2ccccc2)c(C=C)c1OCc1ccccc1. The zero-order chi connectivity index (χ0) is 18.9. The summed E-state index contributed by atoms with van der Waals surface area (Å²) in [6.07, 6.45) is 5.28. The highest BCUT2D eigenvalue weighted by Gasteiger charge is 2.13. The molecule has 0 bridgehead atoms. The van der Waals surface area contributed by atoms with Gasteiger partial charge >= 0.3 is 0 Å². The normalized spacial score (nSPS) is 10.4. The Balaban J connectivity index is 1.76. The fraction of sp³-hybridized carbons (Fsp3) is 0.125. The number of aromatic nitrogens is 1. The Bertz CT molecular complexity index is 889. The van der Waals surface area contributed by atoms with E-state index in [0.717, 1.165) is 22.3 Å². The summed E-state index contributed by atoms with van der Waals surface area (Å²) in [7, 11) is 0. The van der Waals surface area contributed by atoms with Crippen molar-refractivity contribution in [2.45, 2.75) is 19.8 Å². The molecule has 3 rings (SSSR count). The molecule has 1 aromatic heterocycles. The first kappa shape index (κ1) is 18.6. The van der Waals surface area contributed by atoms with Crippen LogP contribution in [-0.2, 0) is 24.6 Å². The lowest BCUT2D eigenvalue weighted by molar-refractivity contribution is 0.106. The van der Waals surface area contributed by atoms with Crippen LogP contribution in [0.1, 0.15) is 27.9 Å². The van der Waals surface area contributed by atoms with Gasteiger partial charge in [0.05, 0.1) is 13.2 Å². The molecule has 0 aliphatic rings. The first-order valence-corrected chi connectivity index (χ1v) is 8.87. The molecule has 0 atom stereocenters. The van der Waals surface area contributed by atoms with Gasteiger partial charge in [-0.25, -0.2) is 0 Å². The van der Waals surface area contributed by atoms with Crippen LogP contribution in [0.15, 0.2) is 80.0 Å². The molecule has 0 aliphatic carbocycles. The maximum atomic E-state index is 6.08. The standard InChI is InChI=1S/C24H23NO2/c1-3-22-21(18-26-16-19-11-7-5-8-12-19)15-25-23(4-2)24(22)27-17-20-13-9-6-10-14-20/h3-15H,1-2,16-18H2. The topological polar surface area (TPSA) is 31.4 Å². The van der Waals surface area contributed by atoms with Gasteiger partial charge in [-0.2, -0.15) is 0 Å². The number of hydrogen-bond acceptors (Lipinski definition) is 3. The zero-order valence-corrected chi connectivity index (χ0v) is 15.3. The van der Waals surface area contributed by atoms with Gasteiger partial charge in [-0.1, -0.05) is 79.9 Å². The second-order valence-corrected chi connectivity index (χ2v) is 6.07. The molecular formula is C24H23NO2. The van der Waals surface area contributed by atoms with Crippen molar-refractivity contribution < 1.29 is 9.47 Å². The van der Waals surface area contributed by atoms with E-state index in [1.54, 1.807) is 18.3 Å². The average molecular weight is 357 g/mol. The van der Waals surface area contributed by atoms with E-state index in [-0.39, 0.29) is 0 Å². The molecule has 2 aromatic carbocycles. The number of ether oxygens (including phenoxy) is 2. The third kappa shape index (κ3) is 4.93. The molecule has 0 saturated carbocycles. The maximum Gasteiger partial charge on any atom is 0.152 e. The lowest BCUT2D eigenvalue weighted by Crippen LogP contribution is -2.04. The van der Waals surface area contributed by atoms with Gasteiger partial charge in [-0.15, -0.1) is 0 Å². The van der Waals surface area contributed by atoms with Crippen LogP contribution < -0.4 is 4.74 Å². The third-order valence-corrected chi connectivity index (χ3v) is 4.18. The van der Waals surface area contributed by atoms with Gasteiger partial charge in [0.2, 0.25) is 0 Å². The van der Waals surface area contributed by atoms with E-state index in [1.807, 2.05) is 60.7 Å². The highest BCUT2D eigenvalue weighted by molar-refractivity contribution is 5.66. The van der Waals surface area contributed by atoms with Crippen LogP contribution in [0.3, 0.4) is 0 Å². The maximum absolute atomic E-state index is 6.08. The number of hydrogen-bond donors (Lipinski definition) is 0. The van der Waals surface area contributed by atoms with Gasteiger partial charge in [-0.05, 0) is 17.2 Å². The smallest absolute Gasteiger partial charge is 0.152 e. The van der Waals surface area contributed by atoms with Crippen molar-refractivity contribution >= 4 is 12.2 Å². The molecule has 3 heteroatoms. The van der Waals surface area contributed by atoms with Crippen LogP contribution in [0.5, 0.6) is 5.75 Å². The second-order valence-electron chi connectivity index (χ2n) is 6.07. The number of pyridine rings is 1. The van der Waals surface area contributed by atoms with Gasteiger partial charge in [0.25, 0.3) is 0 Å². The van der Waals surface area contributed by atoms with Crippen molar-refractivity contribution in [2.75, 3.05) is 0 Å². The summed E-state index contributed by atoms with van der Waals surface area (Å²) in [6.45, 7) is 9.23. The minimum Gasteiger partial charge on any atom is -0.486 e. The van der Waals surface area contributed by atoms with Gasteiger partial charge in [0.15, 0.2) is 5.75 Å². The molecular weight excluding hydrogens is 334 g/mol. The Morgan fingerprint density at radius 3 is 2.00 bits per heavy atom. The van der Waals surface area contributed by atoms with E-state index in [2.05, 4.69) is 18.1 Å². The Labute approximate surface area is 160 Å². The summed E-state index contributed by atoms with van der Waals surface area (Å²) < 4.78 is 12.0. The fourth-order valence-corrected chi connectivity index (χ4v) is 2.78. The van der Waals surface area contributed by atoms with Gasteiger partial charge in [-0.3, -0.25) is 4.98 Å². The summed E-state index contributed by atoms with van der Waals surface area (Å²) in [5.41, 5.74) is 4.76. The molecule has 0 amide bonds. The van der Waals surface area contributed by atoms with E-state index in [1.165, 1.54) is 0 Å². The molecule has 0 radical (unpaired) electrons. The molecule has 3 nitrogen and oxygen atoms in total. The highest BCUT2D eigenvalue weighted by Crippen LogP contribution is 2.29. The predicted molar refractivity (Wildman–Crippen MR) is 110 cm³/mol. The quantitative estimate of drug-likeness (QED) is 0.495. The third-order valence-electron chi connectivity index (χ3n) is 4.18. The van der Waals surface area contributed by atoms with Gasteiger partial charge < -0.3 is 9.47 Å². The molecule has 136 valence electrons. The zero-order valence-electron chi connectivity index (χ0n) is 15.3. The summed E-state index contributed by atoms with van der Waals surface area (Å²) >= 11 is 0. The van der Waals surface area contributed by atoms with E-state index >= 15 is 0 Å². The van der Waals surface area contributed by atoms with Crippen molar-refractivity contribution in [3.8, 4) is 5.75 Å². The number of rotatable bonds is 9. The molecule has 27 heavy (non-hydrogen) atoms. The van der Waals surface area contributed by atoms with Gasteiger partial charge in [0.1, 0.15) is 12.3 Å². The predicted octanol–water partition coefficient (Wildman–Crippen LogP) is 5.66. The average Bonchev–Trinajstić information content (AvgIpc) is 2.73. The molecule has 0 N–H and O–H groups in total. The summed E-state index contributed by atoms with van der Waals surface area (Å²) in [4.78, 5) is 4.47. The minimum atomic E-state index is 0.433. The Kier molecular flexibility index (Phi) is 6.55. The first-order chi connectivity index (χ1) is 13.3.